The second kappa shape index (κ2) is 8.21. The summed E-state index contributed by atoms with van der Waals surface area (Å²) in [5.74, 6) is -1.13. The summed E-state index contributed by atoms with van der Waals surface area (Å²) in [6.45, 7) is 9.42. The van der Waals surface area contributed by atoms with Crippen molar-refractivity contribution in [1.29, 1.82) is 0 Å². The number of fused-ring (bicyclic) bond motifs is 2. The van der Waals surface area contributed by atoms with Crippen LogP contribution in [-0.4, -0.2) is 47.6 Å². The van der Waals surface area contributed by atoms with Gasteiger partial charge < -0.3 is 19.3 Å². The van der Waals surface area contributed by atoms with Crippen LogP contribution >= 0.6 is 0 Å². The van der Waals surface area contributed by atoms with Crippen LogP contribution in [-0.2, 0) is 23.8 Å². The fourth-order valence-electron chi connectivity index (χ4n) is 4.15. The fraction of sp³-hybridized carbons (Fsp3) is 0.636. The number of esters is 2. The normalized spacial score (nSPS) is 40.0. The Bertz CT molecular complexity index is 721. The number of ether oxygens (including phenoxy) is 3. The first-order chi connectivity index (χ1) is 13.2. The van der Waals surface area contributed by atoms with Crippen molar-refractivity contribution in [1.82, 2.24) is 0 Å². The first-order valence-electron chi connectivity index (χ1n) is 9.95. The van der Waals surface area contributed by atoms with Gasteiger partial charge in [0.25, 0.3) is 0 Å². The Morgan fingerprint density at radius 1 is 1.36 bits per heavy atom. The third kappa shape index (κ3) is 4.39. The molecular weight excluding hydrogens is 360 g/mol. The number of hydrogen-bond acceptors (Lipinski definition) is 6. The Morgan fingerprint density at radius 3 is 2.82 bits per heavy atom. The summed E-state index contributed by atoms with van der Waals surface area (Å²) in [4.78, 5) is 23.4. The van der Waals surface area contributed by atoms with Gasteiger partial charge in [-0.05, 0) is 51.5 Å². The smallest absolute Gasteiger partial charge is 0.334 e. The van der Waals surface area contributed by atoms with Gasteiger partial charge in [0.15, 0.2) is 0 Å². The van der Waals surface area contributed by atoms with Crippen LogP contribution in [0, 0.1) is 5.92 Å². The SMILES string of the molecule is C=C1C(=O)OC2C1CC1OC1(COC(C)=O)CC/C=C(\C)CC/C=C(\C)C2O. The molecular formula is C22H30O6. The Morgan fingerprint density at radius 2 is 2.11 bits per heavy atom. The van der Waals surface area contributed by atoms with Crippen LogP contribution in [0.25, 0.3) is 0 Å². The van der Waals surface area contributed by atoms with Gasteiger partial charge in [-0.15, -0.1) is 0 Å². The molecule has 2 heterocycles. The van der Waals surface area contributed by atoms with Crippen molar-refractivity contribution in [2.24, 2.45) is 5.92 Å². The summed E-state index contributed by atoms with van der Waals surface area (Å²) in [5, 5.41) is 10.8. The molecule has 6 nitrogen and oxygen atoms in total. The average molecular weight is 390 g/mol. The fourth-order valence-corrected chi connectivity index (χ4v) is 4.15. The van der Waals surface area contributed by atoms with Crippen molar-refractivity contribution in [2.45, 2.75) is 76.8 Å². The Labute approximate surface area is 166 Å². The minimum Gasteiger partial charge on any atom is -0.463 e. The molecule has 0 aromatic carbocycles. The molecule has 3 rings (SSSR count). The van der Waals surface area contributed by atoms with Crippen molar-refractivity contribution < 1.29 is 28.9 Å². The standard InChI is InChI=1S/C22H30O6/c1-13-7-5-9-14(2)19(24)20-17(15(3)21(25)27-20)11-18-22(28-18,10-6-8-13)12-26-16(4)23/h8-9,17-20,24H,3,5-7,10-12H2,1-2,4H3/b13-8+,14-9+. The van der Waals surface area contributed by atoms with Crippen LogP contribution in [0.4, 0.5) is 0 Å². The lowest BCUT2D eigenvalue weighted by atomic mass is 9.84. The highest BCUT2D eigenvalue weighted by Gasteiger charge is 2.59. The predicted octanol–water partition coefficient (Wildman–Crippen LogP) is 3.00. The summed E-state index contributed by atoms with van der Waals surface area (Å²) in [5.41, 5.74) is 1.90. The Balaban J connectivity index is 1.85. The number of carbonyl (C=O) groups is 2. The quantitative estimate of drug-likeness (QED) is 0.338. The summed E-state index contributed by atoms with van der Waals surface area (Å²) < 4.78 is 16.7. The zero-order valence-electron chi connectivity index (χ0n) is 16.9. The summed E-state index contributed by atoms with van der Waals surface area (Å²) in [7, 11) is 0. The van der Waals surface area contributed by atoms with Crippen LogP contribution in [0.5, 0.6) is 0 Å². The molecule has 0 radical (unpaired) electrons. The van der Waals surface area contributed by atoms with Gasteiger partial charge >= 0.3 is 11.9 Å². The summed E-state index contributed by atoms with van der Waals surface area (Å²) >= 11 is 0. The molecule has 0 bridgehead atoms. The Kier molecular flexibility index (Phi) is 6.10. The molecule has 0 aromatic rings. The molecule has 2 fully saturated rings. The van der Waals surface area contributed by atoms with Gasteiger partial charge in [-0.2, -0.15) is 0 Å². The van der Waals surface area contributed by atoms with E-state index in [-0.39, 0.29) is 24.6 Å². The van der Waals surface area contributed by atoms with Gasteiger partial charge in [0.1, 0.15) is 24.4 Å². The van der Waals surface area contributed by atoms with E-state index in [1.54, 1.807) is 0 Å². The maximum Gasteiger partial charge on any atom is 0.334 e. The summed E-state index contributed by atoms with van der Waals surface area (Å²) in [6, 6.07) is 0. The van der Waals surface area contributed by atoms with Gasteiger partial charge in [-0.1, -0.05) is 24.3 Å². The molecule has 0 saturated carbocycles. The second-order valence-electron chi connectivity index (χ2n) is 8.21. The van der Waals surface area contributed by atoms with Gasteiger partial charge in [0.05, 0.1) is 6.10 Å². The van der Waals surface area contributed by atoms with Crippen LogP contribution < -0.4 is 0 Å². The lowest BCUT2D eigenvalue weighted by Crippen LogP contribution is -2.34. The molecule has 0 amide bonds. The van der Waals surface area contributed by atoms with E-state index in [2.05, 4.69) is 19.6 Å². The molecule has 1 N–H and O–H groups in total. The highest BCUT2D eigenvalue weighted by molar-refractivity contribution is 5.91. The average Bonchev–Trinajstić information content (AvgIpc) is 3.25. The van der Waals surface area contributed by atoms with Crippen LogP contribution in [0.3, 0.4) is 0 Å². The molecule has 5 atom stereocenters. The maximum absolute atomic E-state index is 12.1. The highest BCUT2D eigenvalue weighted by Crippen LogP contribution is 2.48. The zero-order chi connectivity index (χ0) is 20.5. The van der Waals surface area contributed by atoms with Gasteiger partial charge in [0, 0.05) is 18.4 Å². The van der Waals surface area contributed by atoms with Crippen LogP contribution in [0.1, 0.15) is 52.9 Å². The van der Waals surface area contributed by atoms with Crippen LogP contribution in [0.2, 0.25) is 0 Å². The molecule has 154 valence electrons. The first-order valence-corrected chi connectivity index (χ1v) is 9.95. The van der Waals surface area contributed by atoms with E-state index in [1.807, 2.05) is 13.0 Å². The number of aliphatic hydroxyl groups excluding tert-OH is 1. The number of allylic oxidation sites excluding steroid dienone is 3. The van der Waals surface area contributed by atoms with Crippen molar-refractivity contribution >= 4 is 11.9 Å². The number of carbonyl (C=O) groups excluding carboxylic acids is 2. The van der Waals surface area contributed by atoms with Crippen molar-refractivity contribution in [2.75, 3.05) is 6.61 Å². The minimum absolute atomic E-state index is 0.168. The molecule has 5 unspecified atom stereocenters. The monoisotopic (exact) mass is 390 g/mol. The van der Waals surface area contributed by atoms with Crippen molar-refractivity contribution in [3.05, 3.63) is 35.5 Å². The van der Waals surface area contributed by atoms with Gasteiger partial charge in [-0.25, -0.2) is 4.79 Å². The van der Waals surface area contributed by atoms with E-state index in [9.17, 15) is 14.7 Å². The second-order valence-corrected chi connectivity index (χ2v) is 8.21. The first kappa shape index (κ1) is 20.8. The lowest BCUT2D eigenvalue weighted by Gasteiger charge is -2.24. The van der Waals surface area contributed by atoms with E-state index < -0.39 is 23.8 Å². The third-order valence-corrected chi connectivity index (χ3v) is 6.09. The molecule has 6 heteroatoms. The predicted molar refractivity (Wildman–Crippen MR) is 103 cm³/mol. The molecule has 3 aliphatic rings. The molecule has 1 aliphatic carbocycles. The molecule has 2 saturated heterocycles. The molecule has 0 spiro atoms. The zero-order valence-corrected chi connectivity index (χ0v) is 16.9. The van der Waals surface area contributed by atoms with Crippen molar-refractivity contribution in [3.63, 3.8) is 0 Å². The van der Waals surface area contributed by atoms with E-state index >= 15 is 0 Å². The number of rotatable bonds is 2. The van der Waals surface area contributed by atoms with Crippen LogP contribution in [0.15, 0.2) is 35.5 Å². The number of hydrogen-bond donors (Lipinski definition) is 1. The molecule has 2 aliphatic heterocycles. The lowest BCUT2D eigenvalue weighted by molar-refractivity contribution is -0.143. The molecule has 0 aromatic heterocycles. The van der Waals surface area contributed by atoms with Gasteiger partial charge in [-0.3, -0.25) is 4.79 Å². The third-order valence-electron chi connectivity index (χ3n) is 6.09. The van der Waals surface area contributed by atoms with E-state index in [0.29, 0.717) is 12.0 Å². The van der Waals surface area contributed by atoms with E-state index in [4.69, 9.17) is 14.2 Å². The number of epoxide rings is 1. The number of aliphatic hydroxyl groups is 1. The Hall–Kier alpha value is -1.92. The largest absolute Gasteiger partial charge is 0.463 e. The van der Waals surface area contributed by atoms with E-state index in [1.165, 1.54) is 12.5 Å². The molecule has 28 heavy (non-hydrogen) atoms. The maximum atomic E-state index is 12.1. The van der Waals surface area contributed by atoms with Crippen molar-refractivity contribution in [3.8, 4) is 0 Å². The topological polar surface area (TPSA) is 85.4 Å². The minimum atomic E-state index is -0.873. The summed E-state index contributed by atoms with van der Waals surface area (Å²) in [6.07, 6.45) is 6.29. The van der Waals surface area contributed by atoms with Gasteiger partial charge in [0.2, 0.25) is 0 Å². The highest BCUT2D eigenvalue weighted by atomic mass is 16.6. The van der Waals surface area contributed by atoms with E-state index in [0.717, 1.165) is 31.3 Å².